The van der Waals surface area contributed by atoms with Crippen LogP contribution in [-0.4, -0.2) is 61.2 Å². The molecule has 1 aliphatic heterocycles. The zero-order valence-electron chi connectivity index (χ0n) is 17.2. The Labute approximate surface area is 170 Å². The molecule has 0 aliphatic carbocycles. The summed E-state index contributed by atoms with van der Waals surface area (Å²) in [6.07, 6.45) is 0.650. The fourth-order valence-corrected chi connectivity index (χ4v) is 5.89. The van der Waals surface area contributed by atoms with Gasteiger partial charge >= 0.3 is 0 Å². The molecular weight excluding hydrogens is 378 g/mol. The van der Waals surface area contributed by atoms with Crippen molar-refractivity contribution in [3.05, 3.63) is 29.8 Å². The van der Waals surface area contributed by atoms with Crippen LogP contribution in [0.3, 0.4) is 0 Å². The Bertz CT molecular complexity index is 722. The predicted octanol–water partition coefficient (Wildman–Crippen LogP) is 1.88. The molecule has 1 heterocycles. The Kier molecular flexibility index (Phi) is 7.65. The molecule has 7 heteroatoms. The average Bonchev–Trinajstić information content (AvgIpc) is 2.92. The molecule has 2 rings (SSSR count). The van der Waals surface area contributed by atoms with Crippen LogP contribution >= 0.6 is 12.2 Å². The lowest BCUT2D eigenvalue weighted by molar-refractivity contribution is -0.941. The van der Waals surface area contributed by atoms with Gasteiger partial charge in [0.05, 0.1) is 36.7 Å². The molecule has 0 spiro atoms. The first-order valence-corrected chi connectivity index (χ1v) is 12.0. The zero-order chi connectivity index (χ0) is 20.2. The molecule has 27 heavy (non-hydrogen) atoms. The maximum Gasteiger partial charge on any atom is 0.173 e. The van der Waals surface area contributed by atoms with Gasteiger partial charge in [-0.2, -0.15) is 0 Å². The predicted molar refractivity (Wildman–Crippen MR) is 117 cm³/mol. The number of anilines is 1. The molecule has 1 saturated heterocycles. The van der Waals surface area contributed by atoms with E-state index in [4.69, 9.17) is 12.2 Å². The van der Waals surface area contributed by atoms with Crippen LogP contribution < -0.4 is 10.2 Å². The average molecular weight is 413 g/mol. The van der Waals surface area contributed by atoms with Gasteiger partial charge in [0.15, 0.2) is 14.9 Å². The summed E-state index contributed by atoms with van der Waals surface area (Å²) in [6, 6.07) is 9.07. The third-order valence-electron chi connectivity index (χ3n) is 5.34. The summed E-state index contributed by atoms with van der Waals surface area (Å²) in [5.74, 6) is 0.452. The van der Waals surface area contributed by atoms with E-state index in [9.17, 15) is 8.42 Å². The van der Waals surface area contributed by atoms with Gasteiger partial charge < -0.3 is 15.1 Å². The molecule has 152 valence electrons. The van der Waals surface area contributed by atoms with E-state index in [1.165, 1.54) is 10.5 Å². The summed E-state index contributed by atoms with van der Waals surface area (Å²) in [7, 11) is -2.96. The van der Waals surface area contributed by atoms with Gasteiger partial charge in [-0.05, 0) is 65.4 Å². The number of rotatable bonds is 7. The van der Waals surface area contributed by atoms with Gasteiger partial charge in [0.1, 0.15) is 0 Å². The summed E-state index contributed by atoms with van der Waals surface area (Å²) in [4.78, 5) is 3.60. The second kappa shape index (κ2) is 9.34. The second-order valence-corrected chi connectivity index (χ2v) is 10.8. The van der Waals surface area contributed by atoms with Crippen molar-refractivity contribution < 1.29 is 13.3 Å². The molecule has 1 atom stereocenters. The third-order valence-corrected chi connectivity index (χ3v) is 7.42. The number of nitrogens with zero attached hydrogens (tertiary/aromatic N) is 1. The molecule has 0 saturated carbocycles. The molecule has 0 radical (unpaired) electrons. The molecule has 1 aliphatic rings. The van der Waals surface area contributed by atoms with Crippen LogP contribution in [-0.2, 0) is 9.84 Å². The molecular formula is C20H34N3O2S2+. The van der Waals surface area contributed by atoms with Crippen molar-refractivity contribution in [1.82, 2.24) is 4.90 Å². The summed E-state index contributed by atoms with van der Waals surface area (Å²) in [5, 5.41) is 3.93. The van der Waals surface area contributed by atoms with Crippen molar-refractivity contribution in [2.24, 2.45) is 0 Å². The van der Waals surface area contributed by atoms with Crippen LogP contribution in [0.15, 0.2) is 24.3 Å². The number of hydrogen-bond donors (Lipinski definition) is 2. The van der Waals surface area contributed by atoms with Crippen molar-refractivity contribution in [1.29, 1.82) is 0 Å². The van der Waals surface area contributed by atoms with Gasteiger partial charge in [-0.15, -0.1) is 0 Å². The number of sulfone groups is 1. The summed E-state index contributed by atoms with van der Waals surface area (Å²) >= 11 is 5.70. The maximum atomic E-state index is 12.0. The van der Waals surface area contributed by atoms with E-state index in [2.05, 4.69) is 37.9 Å². The van der Waals surface area contributed by atoms with Gasteiger partial charge in [-0.25, -0.2) is 8.42 Å². The Morgan fingerprint density at radius 2 is 1.81 bits per heavy atom. The number of aryl methyl sites for hydroxylation is 1. The number of benzene rings is 1. The van der Waals surface area contributed by atoms with Gasteiger partial charge in [-0.1, -0.05) is 17.7 Å². The number of hydrogen-bond acceptors (Lipinski definition) is 3. The minimum atomic E-state index is -2.96. The van der Waals surface area contributed by atoms with E-state index in [-0.39, 0.29) is 17.5 Å². The lowest BCUT2D eigenvalue weighted by Gasteiger charge is -2.34. The van der Waals surface area contributed by atoms with Crippen LogP contribution in [0.25, 0.3) is 0 Å². The fourth-order valence-electron chi connectivity index (χ4n) is 3.80. The quantitative estimate of drug-likeness (QED) is 0.670. The van der Waals surface area contributed by atoms with Crippen LogP contribution in [0.4, 0.5) is 5.69 Å². The highest BCUT2D eigenvalue weighted by molar-refractivity contribution is 7.91. The first kappa shape index (κ1) is 22.1. The van der Waals surface area contributed by atoms with E-state index in [1.54, 1.807) is 0 Å². The van der Waals surface area contributed by atoms with E-state index in [0.29, 0.717) is 23.6 Å². The van der Waals surface area contributed by atoms with Gasteiger partial charge in [0, 0.05) is 11.7 Å². The largest absolute Gasteiger partial charge is 0.339 e. The molecule has 1 aromatic rings. The van der Waals surface area contributed by atoms with Crippen molar-refractivity contribution in [2.75, 3.05) is 29.9 Å². The van der Waals surface area contributed by atoms with E-state index >= 15 is 0 Å². The Morgan fingerprint density at radius 1 is 1.22 bits per heavy atom. The first-order valence-electron chi connectivity index (χ1n) is 9.79. The van der Waals surface area contributed by atoms with Crippen LogP contribution in [0, 0.1) is 6.92 Å². The van der Waals surface area contributed by atoms with E-state index < -0.39 is 9.84 Å². The highest BCUT2D eigenvalue weighted by Crippen LogP contribution is 2.19. The zero-order valence-corrected chi connectivity index (χ0v) is 18.8. The molecule has 2 N–H and O–H groups in total. The van der Waals surface area contributed by atoms with Crippen molar-refractivity contribution in [3.63, 3.8) is 0 Å². The first-order chi connectivity index (χ1) is 12.6. The van der Waals surface area contributed by atoms with Crippen molar-refractivity contribution in [3.8, 4) is 0 Å². The minimum Gasteiger partial charge on any atom is -0.339 e. The monoisotopic (exact) mass is 412 g/mol. The molecule has 0 unspecified atom stereocenters. The second-order valence-electron chi connectivity index (χ2n) is 8.18. The molecule has 1 aromatic carbocycles. The van der Waals surface area contributed by atoms with Crippen LogP contribution in [0.5, 0.6) is 0 Å². The van der Waals surface area contributed by atoms with Crippen LogP contribution in [0.2, 0.25) is 0 Å². The molecule has 0 aromatic heterocycles. The summed E-state index contributed by atoms with van der Waals surface area (Å²) in [6.45, 7) is 12.6. The lowest BCUT2D eigenvalue weighted by atomic mass is 10.2. The summed E-state index contributed by atoms with van der Waals surface area (Å²) in [5.41, 5.74) is 2.13. The maximum absolute atomic E-state index is 12.0. The van der Waals surface area contributed by atoms with Crippen molar-refractivity contribution >= 4 is 32.9 Å². The lowest BCUT2D eigenvalue weighted by Crippen LogP contribution is -3.18. The third kappa shape index (κ3) is 6.43. The highest BCUT2D eigenvalue weighted by Gasteiger charge is 2.34. The Balaban J connectivity index is 2.13. The Hall–Kier alpha value is -1.18. The van der Waals surface area contributed by atoms with Crippen molar-refractivity contribution in [2.45, 2.75) is 59.2 Å². The SMILES string of the molecule is Cc1ccc(NC(=S)N(CC[NH+](C(C)C)C(C)C)[C@@H]2CCS(=O)(=O)C2)cc1. The Morgan fingerprint density at radius 3 is 2.30 bits per heavy atom. The van der Waals surface area contributed by atoms with Gasteiger partial charge in [0.25, 0.3) is 0 Å². The smallest absolute Gasteiger partial charge is 0.173 e. The normalized spacial score (nSPS) is 19.0. The number of nitrogens with one attached hydrogen (secondary N) is 2. The molecule has 0 amide bonds. The van der Waals surface area contributed by atoms with E-state index in [0.717, 1.165) is 18.8 Å². The molecule has 5 nitrogen and oxygen atoms in total. The minimum absolute atomic E-state index is 0.0407. The standard InChI is InChI=1S/C20H33N3O2S2/c1-15(2)22(16(3)4)11-12-23(19-10-13-27(24,25)14-19)20(26)21-18-8-6-17(5)7-9-18/h6-9,15-16,19H,10-14H2,1-5H3,(H,21,26)/p+1/t19-/m1/s1. The highest BCUT2D eigenvalue weighted by atomic mass is 32.2. The van der Waals surface area contributed by atoms with Crippen LogP contribution in [0.1, 0.15) is 39.7 Å². The topological polar surface area (TPSA) is 53.9 Å². The molecule has 1 fully saturated rings. The number of quaternary nitrogens is 1. The summed E-state index contributed by atoms with van der Waals surface area (Å²) < 4.78 is 24.0. The molecule has 0 bridgehead atoms. The van der Waals surface area contributed by atoms with Gasteiger partial charge in [0.2, 0.25) is 0 Å². The number of thiocarbonyl (C=S) groups is 1. The fraction of sp³-hybridized carbons (Fsp3) is 0.650. The van der Waals surface area contributed by atoms with Gasteiger partial charge in [-0.3, -0.25) is 0 Å². The van der Waals surface area contributed by atoms with E-state index in [1.807, 2.05) is 31.2 Å².